The summed E-state index contributed by atoms with van der Waals surface area (Å²) in [4.78, 5) is 16.7. The van der Waals surface area contributed by atoms with Gasteiger partial charge in [0.15, 0.2) is 5.54 Å². The molecule has 1 aromatic heterocycles. The van der Waals surface area contributed by atoms with Crippen LogP contribution < -0.4 is 5.06 Å². The smallest absolute Gasteiger partial charge is 0.202 e. The number of carbonyl (C=O) groups is 1. The van der Waals surface area contributed by atoms with Gasteiger partial charge in [0.2, 0.25) is 5.78 Å². The van der Waals surface area contributed by atoms with E-state index in [1.807, 2.05) is 30.3 Å². The van der Waals surface area contributed by atoms with Gasteiger partial charge in [-0.25, -0.2) is 9.45 Å². The number of Topliss-reactive ketones (excluding diaryl/α,β-unsaturated/α-hetero) is 1. The number of nitrogens with zero attached hydrogens (tertiary/aromatic N) is 1. The molecule has 0 bridgehead atoms. The molecule has 0 spiro atoms. The average molecular weight is 358 g/mol. The van der Waals surface area contributed by atoms with Crippen LogP contribution in [0.5, 0.6) is 0 Å². The molecule has 1 atom stereocenters. The van der Waals surface area contributed by atoms with Gasteiger partial charge < -0.3 is 4.98 Å². The van der Waals surface area contributed by atoms with Gasteiger partial charge in [-0.1, -0.05) is 42.5 Å². The van der Waals surface area contributed by atoms with Crippen LogP contribution in [0.2, 0.25) is 0 Å². The summed E-state index contributed by atoms with van der Waals surface area (Å²) in [5.74, 6) is -0.594. The van der Waals surface area contributed by atoms with E-state index < -0.39 is 5.54 Å². The van der Waals surface area contributed by atoms with E-state index in [1.54, 1.807) is 36.5 Å². The first-order valence-electron chi connectivity index (χ1n) is 8.59. The number of fused-ring (bicyclic) bond motifs is 2. The van der Waals surface area contributed by atoms with Crippen molar-refractivity contribution in [2.45, 2.75) is 5.54 Å². The third-order valence-electron chi connectivity index (χ3n) is 5.25. The molecular weight excluding hydrogens is 343 g/mol. The maximum absolute atomic E-state index is 13.7. The van der Waals surface area contributed by atoms with Gasteiger partial charge in [-0.15, -0.1) is 0 Å². The third kappa shape index (κ3) is 1.97. The van der Waals surface area contributed by atoms with Crippen LogP contribution >= 0.6 is 0 Å². The van der Waals surface area contributed by atoms with Crippen molar-refractivity contribution in [3.8, 4) is 0 Å². The average Bonchev–Trinajstić information content (AvgIpc) is 3.21. The van der Waals surface area contributed by atoms with E-state index in [4.69, 9.17) is 0 Å². The molecule has 1 aliphatic rings. The fraction of sp³-hybridized carbons (Fsp3) is 0.0455. The number of hydrogen-bond donors (Lipinski definition) is 2. The molecule has 0 radical (unpaired) electrons. The highest BCUT2D eigenvalue weighted by atomic mass is 19.1. The number of nitrogens with one attached hydrogen (secondary N) is 1. The zero-order valence-corrected chi connectivity index (χ0v) is 14.2. The van der Waals surface area contributed by atoms with Crippen molar-refractivity contribution >= 4 is 22.4 Å². The van der Waals surface area contributed by atoms with Crippen molar-refractivity contribution in [3.63, 3.8) is 0 Å². The molecule has 4 aromatic rings. The fourth-order valence-electron chi connectivity index (χ4n) is 4.04. The maximum atomic E-state index is 13.7. The highest BCUT2D eigenvalue weighted by Gasteiger charge is 2.55. The Labute approximate surface area is 154 Å². The van der Waals surface area contributed by atoms with Gasteiger partial charge in [0.25, 0.3) is 0 Å². The second-order valence-electron chi connectivity index (χ2n) is 6.63. The van der Waals surface area contributed by atoms with Crippen LogP contribution in [-0.2, 0) is 5.54 Å². The summed E-state index contributed by atoms with van der Waals surface area (Å²) >= 11 is 0. The fourth-order valence-corrected chi connectivity index (χ4v) is 4.04. The summed E-state index contributed by atoms with van der Waals surface area (Å²) in [5, 5.41) is 12.9. The SMILES string of the molecule is O=C1c2ccccc2N(O)[C@@]1(c1ccccc1)c1c[nH]c2cc(F)ccc12. The van der Waals surface area contributed by atoms with Crippen molar-refractivity contribution in [1.29, 1.82) is 0 Å². The minimum absolute atomic E-state index is 0.225. The van der Waals surface area contributed by atoms with Crippen LogP contribution in [-0.4, -0.2) is 16.0 Å². The molecule has 132 valence electrons. The molecule has 1 aliphatic heterocycles. The summed E-state index contributed by atoms with van der Waals surface area (Å²) in [5.41, 5.74) is 1.23. The monoisotopic (exact) mass is 358 g/mol. The summed E-state index contributed by atoms with van der Waals surface area (Å²) in [6.07, 6.45) is 1.67. The number of H-pyrrole nitrogens is 1. The number of ketones is 1. The predicted octanol–water partition coefficient (Wildman–Crippen LogP) is 4.64. The van der Waals surface area contributed by atoms with E-state index in [0.717, 1.165) is 5.06 Å². The van der Waals surface area contributed by atoms with E-state index in [9.17, 15) is 14.4 Å². The van der Waals surface area contributed by atoms with Gasteiger partial charge in [-0.2, -0.15) is 0 Å². The second kappa shape index (κ2) is 5.53. The molecule has 5 heteroatoms. The van der Waals surface area contributed by atoms with Gasteiger partial charge in [-0.3, -0.25) is 10.0 Å². The van der Waals surface area contributed by atoms with Gasteiger partial charge in [-0.05, 0) is 35.9 Å². The Morgan fingerprint density at radius 3 is 2.48 bits per heavy atom. The highest BCUT2D eigenvalue weighted by molar-refractivity contribution is 6.17. The van der Waals surface area contributed by atoms with Crippen molar-refractivity contribution in [2.24, 2.45) is 0 Å². The second-order valence-corrected chi connectivity index (χ2v) is 6.63. The van der Waals surface area contributed by atoms with Crippen molar-refractivity contribution < 1.29 is 14.4 Å². The molecule has 4 nitrogen and oxygen atoms in total. The Bertz CT molecular complexity index is 1190. The number of benzene rings is 3. The molecule has 2 N–H and O–H groups in total. The Kier molecular flexibility index (Phi) is 3.23. The lowest BCUT2D eigenvalue weighted by Gasteiger charge is -2.34. The summed E-state index contributed by atoms with van der Waals surface area (Å²) in [7, 11) is 0. The van der Waals surface area contributed by atoms with Gasteiger partial charge >= 0.3 is 0 Å². The maximum Gasteiger partial charge on any atom is 0.202 e. The first-order valence-corrected chi connectivity index (χ1v) is 8.59. The lowest BCUT2D eigenvalue weighted by molar-refractivity contribution is 0.0846. The Balaban J connectivity index is 1.88. The largest absolute Gasteiger partial charge is 0.361 e. The zero-order chi connectivity index (χ0) is 18.6. The summed E-state index contributed by atoms with van der Waals surface area (Å²) in [6, 6.07) is 20.5. The van der Waals surface area contributed by atoms with E-state index in [2.05, 4.69) is 4.98 Å². The lowest BCUT2D eigenvalue weighted by Crippen LogP contribution is -2.47. The number of anilines is 1. The molecule has 5 rings (SSSR count). The van der Waals surface area contributed by atoms with Crippen LogP contribution in [0.15, 0.2) is 79.0 Å². The minimum atomic E-state index is -1.44. The topological polar surface area (TPSA) is 56.3 Å². The molecule has 0 unspecified atom stereocenters. The number of rotatable bonds is 2. The number of hydroxylamine groups is 1. The van der Waals surface area contributed by atoms with Crippen LogP contribution in [0, 0.1) is 5.82 Å². The van der Waals surface area contributed by atoms with E-state index in [0.29, 0.717) is 33.3 Å². The number of hydrogen-bond acceptors (Lipinski definition) is 3. The first kappa shape index (κ1) is 15.8. The molecule has 3 aromatic carbocycles. The van der Waals surface area contributed by atoms with Crippen LogP contribution in [0.3, 0.4) is 0 Å². The van der Waals surface area contributed by atoms with E-state index in [-0.39, 0.29) is 11.6 Å². The Morgan fingerprint density at radius 1 is 0.963 bits per heavy atom. The first-order chi connectivity index (χ1) is 13.1. The predicted molar refractivity (Wildman–Crippen MR) is 101 cm³/mol. The normalized spacial score (nSPS) is 18.9. The number of aromatic amines is 1. The summed E-state index contributed by atoms with van der Waals surface area (Å²) < 4.78 is 13.7. The minimum Gasteiger partial charge on any atom is -0.361 e. The number of halogens is 1. The standard InChI is InChI=1S/C22H15FN2O2/c23-15-10-11-16-18(13-24-19(16)12-15)22(14-6-2-1-3-7-14)21(26)17-8-4-5-9-20(17)25(22)27/h1-13,24,27H/t22-/m0/s1. The van der Waals surface area contributed by atoms with Crippen LogP contribution in [0.4, 0.5) is 10.1 Å². The van der Waals surface area contributed by atoms with Crippen molar-refractivity contribution in [3.05, 3.63) is 102 Å². The summed E-state index contributed by atoms with van der Waals surface area (Å²) in [6.45, 7) is 0. The van der Waals surface area contributed by atoms with Gasteiger partial charge in [0.05, 0.1) is 5.69 Å². The van der Waals surface area contributed by atoms with Gasteiger partial charge in [0.1, 0.15) is 5.82 Å². The van der Waals surface area contributed by atoms with Gasteiger partial charge in [0, 0.05) is 28.2 Å². The van der Waals surface area contributed by atoms with Crippen molar-refractivity contribution in [2.75, 3.05) is 5.06 Å². The molecule has 2 heterocycles. The molecular formula is C22H15FN2O2. The quantitative estimate of drug-likeness (QED) is 0.549. The van der Waals surface area contributed by atoms with Crippen LogP contribution in [0.1, 0.15) is 21.5 Å². The Hall–Kier alpha value is -3.44. The lowest BCUT2D eigenvalue weighted by atomic mass is 9.79. The Morgan fingerprint density at radius 2 is 1.70 bits per heavy atom. The third-order valence-corrected chi connectivity index (χ3v) is 5.25. The zero-order valence-electron chi connectivity index (χ0n) is 14.2. The molecule has 0 saturated carbocycles. The highest BCUT2D eigenvalue weighted by Crippen LogP contribution is 2.49. The molecule has 27 heavy (non-hydrogen) atoms. The number of aromatic nitrogens is 1. The molecule has 0 amide bonds. The molecule has 0 fully saturated rings. The molecule has 0 saturated heterocycles. The van der Waals surface area contributed by atoms with Crippen LogP contribution in [0.25, 0.3) is 10.9 Å². The number of para-hydroxylation sites is 1. The number of carbonyl (C=O) groups excluding carboxylic acids is 1. The van der Waals surface area contributed by atoms with E-state index >= 15 is 0 Å². The van der Waals surface area contributed by atoms with E-state index in [1.165, 1.54) is 12.1 Å². The molecule has 0 aliphatic carbocycles. The van der Waals surface area contributed by atoms with Crippen molar-refractivity contribution in [1.82, 2.24) is 4.98 Å².